The minimum absolute atomic E-state index is 0.0573. The highest BCUT2D eigenvalue weighted by atomic mass is 19.1. The van der Waals surface area contributed by atoms with E-state index in [-0.39, 0.29) is 6.04 Å². The van der Waals surface area contributed by atoms with Crippen molar-refractivity contribution in [3.05, 3.63) is 32.9 Å². The molecular formula is C13H18FN3O3. The van der Waals surface area contributed by atoms with Gasteiger partial charge in [0, 0.05) is 6.04 Å². The molecule has 1 aliphatic carbocycles. The van der Waals surface area contributed by atoms with E-state index in [4.69, 9.17) is 0 Å². The molecule has 110 valence electrons. The fourth-order valence-corrected chi connectivity index (χ4v) is 2.78. The van der Waals surface area contributed by atoms with E-state index in [0.29, 0.717) is 22.6 Å². The minimum Gasteiger partial charge on any atom is -0.334 e. The van der Waals surface area contributed by atoms with Crippen LogP contribution in [0, 0.1) is 17.7 Å². The van der Waals surface area contributed by atoms with E-state index in [1.165, 1.54) is 0 Å². The number of hydrogen-bond donors (Lipinski definition) is 2. The molecule has 2 rings (SSSR count). The lowest BCUT2D eigenvalue weighted by Crippen LogP contribution is -2.50. The normalized spacial score (nSPS) is 26.2. The first-order valence-electron chi connectivity index (χ1n) is 6.72. The smallest absolute Gasteiger partial charge is 0.334 e. The van der Waals surface area contributed by atoms with Crippen LogP contribution in [0.5, 0.6) is 0 Å². The highest BCUT2D eigenvalue weighted by Gasteiger charge is 2.29. The van der Waals surface area contributed by atoms with E-state index >= 15 is 0 Å². The van der Waals surface area contributed by atoms with Gasteiger partial charge in [-0.15, -0.1) is 0 Å². The molecule has 0 radical (unpaired) electrons. The molecule has 7 heteroatoms. The number of amides is 1. The van der Waals surface area contributed by atoms with Gasteiger partial charge in [-0.2, -0.15) is 4.39 Å². The van der Waals surface area contributed by atoms with E-state index in [1.807, 2.05) is 13.8 Å². The Bertz CT molecular complexity index is 612. The van der Waals surface area contributed by atoms with Crippen molar-refractivity contribution in [2.24, 2.45) is 11.8 Å². The second-order valence-electron chi connectivity index (χ2n) is 5.47. The van der Waals surface area contributed by atoms with Crippen LogP contribution < -0.4 is 16.6 Å². The Kier molecular flexibility index (Phi) is 4.06. The molecule has 0 spiro atoms. The van der Waals surface area contributed by atoms with Crippen LogP contribution >= 0.6 is 0 Å². The third kappa shape index (κ3) is 2.81. The quantitative estimate of drug-likeness (QED) is 0.808. The van der Waals surface area contributed by atoms with Gasteiger partial charge < -0.3 is 5.32 Å². The van der Waals surface area contributed by atoms with Gasteiger partial charge in [0.2, 0.25) is 5.82 Å². The molecule has 0 bridgehead atoms. The highest BCUT2D eigenvalue weighted by Crippen LogP contribution is 2.28. The molecule has 1 aromatic rings. The first-order valence-corrected chi connectivity index (χ1v) is 6.72. The highest BCUT2D eigenvalue weighted by molar-refractivity contribution is 5.76. The molecule has 20 heavy (non-hydrogen) atoms. The second-order valence-corrected chi connectivity index (χ2v) is 5.47. The zero-order valence-electron chi connectivity index (χ0n) is 11.5. The number of aromatic amines is 1. The summed E-state index contributed by atoms with van der Waals surface area (Å²) in [6.07, 6.45) is 3.74. The molecule has 1 aliphatic rings. The first kappa shape index (κ1) is 14.5. The number of nitrogens with one attached hydrogen (secondary N) is 2. The van der Waals surface area contributed by atoms with Crippen molar-refractivity contribution < 1.29 is 9.18 Å². The molecule has 1 amide bonds. The summed E-state index contributed by atoms with van der Waals surface area (Å²) >= 11 is 0. The summed E-state index contributed by atoms with van der Waals surface area (Å²) in [5, 5.41) is 2.76. The summed E-state index contributed by atoms with van der Waals surface area (Å²) in [7, 11) is 0. The molecule has 2 atom stereocenters. The zero-order chi connectivity index (χ0) is 14.9. The number of carbonyl (C=O) groups excluding carboxylic acids is 1. The Hall–Kier alpha value is -1.92. The SMILES string of the molecule is CC1CCCC(C)C1NC(=O)n1cc(F)c(=O)[nH]c1=O. The van der Waals surface area contributed by atoms with Crippen molar-refractivity contribution in [1.82, 2.24) is 14.9 Å². The van der Waals surface area contributed by atoms with Gasteiger partial charge in [0.25, 0.3) is 5.56 Å². The van der Waals surface area contributed by atoms with E-state index < -0.39 is 23.1 Å². The van der Waals surface area contributed by atoms with Crippen molar-refractivity contribution in [3.63, 3.8) is 0 Å². The summed E-state index contributed by atoms with van der Waals surface area (Å²) in [5.74, 6) is -0.568. The van der Waals surface area contributed by atoms with E-state index in [0.717, 1.165) is 19.3 Å². The van der Waals surface area contributed by atoms with E-state index in [2.05, 4.69) is 5.32 Å². The van der Waals surface area contributed by atoms with Crippen LogP contribution in [0.3, 0.4) is 0 Å². The molecule has 0 aromatic carbocycles. The average molecular weight is 283 g/mol. The van der Waals surface area contributed by atoms with Crippen LogP contribution in [0.15, 0.2) is 15.8 Å². The molecule has 1 aromatic heterocycles. The zero-order valence-corrected chi connectivity index (χ0v) is 11.5. The minimum atomic E-state index is -1.16. The third-order valence-corrected chi connectivity index (χ3v) is 3.95. The fourth-order valence-electron chi connectivity index (χ4n) is 2.78. The van der Waals surface area contributed by atoms with Crippen LogP contribution in [-0.2, 0) is 0 Å². The van der Waals surface area contributed by atoms with Crippen LogP contribution in [-0.4, -0.2) is 21.6 Å². The number of aromatic nitrogens is 2. The maximum Gasteiger partial charge on any atom is 0.336 e. The molecule has 1 fully saturated rings. The van der Waals surface area contributed by atoms with Gasteiger partial charge in [-0.05, 0) is 24.7 Å². The van der Waals surface area contributed by atoms with Gasteiger partial charge in [0.1, 0.15) is 0 Å². The van der Waals surface area contributed by atoms with Gasteiger partial charge in [-0.3, -0.25) is 9.78 Å². The van der Waals surface area contributed by atoms with Gasteiger partial charge in [0.15, 0.2) is 0 Å². The maximum absolute atomic E-state index is 13.2. The average Bonchev–Trinajstić information content (AvgIpc) is 2.38. The maximum atomic E-state index is 13.2. The summed E-state index contributed by atoms with van der Waals surface area (Å²) in [6.45, 7) is 4.08. The van der Waals surface area contributed by atoms with Gasteiger partial charge >= 0.3 is 11.7 Å². The molecule has 1 saturated carbocycles. The third-order valence-electron chi connectivity index (χ3n) is 3.95. The molecule has 6 nitrogen and oxygen atoms in total. The number of hydrogen-bond acceptors (Lipinski definition) is 3. The Morgan fingerprint density at radius 1 is 1.35 bits per heavy atom. The molecule has 2 unspecified atom stereocenters. The first-order chi connectivity index (χ1) is 9.40. The van der Waals surface area contributed by atoms with Crippen molar-refractivity contribution >= 4 is 6.03 Å². The molecule has 1 heterocycles. The second kappa shape index (κ2) is 5.60. The Labute approximate surface area is 115 Å². The number of H-pyrrole nitrogens is 1. The van der Waals surface area contributed by atoms with Crippen LogP contribution in [0.4, 0.5) is 9.18 Å². The Morgan fingerprint density at radius 3 is 2.55 bits per heavy atom. The topological polar surface area (TPSA) is 84.0 Å². The van der Waals surface area contributed by atoms with Crippen LogP contribution in [0.25, 0.3) is 0 Å². The predicted molar refractivity (Wildman–Crippen MR) is 71.2 cm³/mol. The summed E-state index contributed by atoms with van der Waals surface area (Å²) in [5.41, 5.74) is -2.07. The van der Waals surface area contributed by atoms with Crippen molar-refractivity contribution in [2.75, 3.05) is 0 Å². The van der Waals surface area contributed by atoms with E-state index in [9.17, 15) is 18.8 Å². The van der Waals surface area contributed by atoms with Crippen molar-refractivity contribution in [1.29, 1.82) is 0 Å². The largest absolute Gasteiger partial charge is 0.336 e. The van der Waals surface area contributed by atoms with Gasteiger partial charge in [-0.25, -0.2) is 14.2 Å². The van der Waals surface area contributed by atoms with Crippen molar-refractivity contribution in [3.8, 4) is 0 Å². The lowest BCUT2D eigenvalue weighted by molar-refractivity contribution is 0.194. The fraction of sp³-hybridized carbons (Fsp3) is 0.615. The van der Waals surface area contributed by atoms with Crippen LogP contribution in [0.1, 0.15) is 33.1 Å². The Morgan fingerprint density at radius 2 is 1.95 bits per heavy atom. The van der Waals surface area contributed by atoms with E-state index in [1.54, 1.807) is 4.98 Å². The predicted octanol–water partition coefficient (Wildman–Crippen LogP) is 1.06. The number of halogens is 1. The number of nitrogens with zero attached hydrogens (tertiary/aromatic N) is 1. The molecular weight excluding hydrogens is 265 g/mol. The Balaban J connectivity index is 2.22. The van der Waals surface area contributed by atoms with Gasteiger partial charge in [0.05, 0.1) is 6.20 Å². The lowest BCUT2D eigenvalue weighted by Gasteiger charge is -2.35. The summed E-state index contributed by atoms with van der Waals surface area (Å²) in [6, 6.07) is -0.770. The molecule has 0 saturated heterocycles. The number of carbonyl (C=O) groups is 1. The standard InChI is InChI=1S/C13H18FN3O3/c1-7-4-3-5-8(2)10(7)15-12(19)17-6-9(14)11(18)16-13(17)20/h6-8,10H,3-5H2,1-2H3,(H,15,19)(H,16,18,20). The summed E-state index contributed by atoms with van der Waals surface area (Å²) < 4.78 is 13.7. The van der Waals surface area contributed by atoms with Crippen molar-refractivity contribution in [2.45, 2.75) is 39.2 Å². The lowest BCUT2D eigenvalue weighted by atomic mass is 9.79. The van der Waals surface area contributed by atoms with Crippen LogP contribution in [0.2, 0.25) is 0 Å². The number of rotatable bonds is 1. The molecule has 2 N–H and O–H groups in total. The monoisotopic (exact) mass is 283 g/mol. The molecule has 0 aliphatic heterocycles. The van der Waals surface area contributed by atoms with Gasteiger partial charge in [-0.1, -0.05) is 20.3 Å². The summed E-state index contributed by atoms with van der Waals surface area (Å²) in [4.78, 5) is 36.3.